The molecule has 0 aliphatic rings. The van der Waals surface area contributed by atoms with Crippen LogP contribution in [-0.2, 0) is 6.54 Å². The molecule has 4 nitrogen and oxygen atoms in total. The van der Waals surface area contributed by atoms with Gasteiger partial charge in [0.05, 0.1) is 12.2 Å². The minimum Gasteiger partial charge on any atom is -0.397 e. The summed E-state index contributed by atoms with van der Waals surface area (Å²) in [5.74, 6) is -5.10. The molecule has 3 N–H and O–H groups in total. The lowest BCUT2D eigenvalue weighted by Crippen LogP contribution is -2.41. The zero-order valence-corrected chi connectivity index (χ0v) is 10.3. The fourth-order valence-electron chi connectivity index (χ4n) is 1.52. The maximum absolute atomic E-state index is 12.7. The highest BCUT2D eigenvalue weighted by Gasteiger charge is 2.41. The van der Waals surface area contributed by atoms with Crippen LogP contribution in [0, 0.1) is 0 Å². The Morgan fingerprint density at radius 1 is 1.53 bits per heavy atom. The topological polar surface area (TPSA) is 60.0 Å². The number of halogens is 4. The van der Waals surface area contributed by atoms with E-state index in [0.29, 0.717) is 18.7 Å². The van der Waals surface area contributed by atoms with Gasteiger partial charge in [-0.2, -0.15) is 8.78 Å². The van der Waals surface area contributed by atoms with Gasteiger partial charge in [0.2, 0.25) is 0 Å². The minimum absolute atomic E-state index is 0.0735. The summed E-state index contributed by atoms with van der Waals surface area (Å²) in [6.07, 6.45) is -1.62. The van der Waals surface area contributed by atoms with E-state index < -0.39 is 24.8 Å². The summed E-state index contributed by atoms with van der Waals surface area (Å²) in [6.45, 7) is 0.925. The van der Waals surface area contributed by atoms with Crippen molar-refractivity contribution in [2.24, 2.45) is 0 Å². The van der Waals surface area contributed by atoms with Gasteiger partial charge in [-0.3, -0.25) is 4.79 Å². The lowest BCUT2D eigenvalue weighted by Gasteiger charge is -2.16. The number of nitrogens with zero attached hydrogens (tertiary/aromatic N) is 1. The Kier molecular flexibility index (Phi) is 4.79. The summed E-state index contributed by atoms with van der Waals surface area (Å²) in [4.78, 5) is 11.7. The lowest BCUT2D eigenvalue weighted by atomic mass is 10.3. The van der Waals surface area contributed by atoms with E-state index in [1.165, 1.54) is 16.8 Å². The summed E-state index contributed by atoms with van der Waals surface area (Å²) in [6, 6.07) is 1.31. The van der Waals surface area contributed by atoms with Crippen molar-refractivity contribution in [3.8, 4) is 0 Å². The summed E-state index contributed by atoms with van der Waals surface area (Å²) in [5.41, 5.74) is 5.89. The monoisotopic (exact) mass is 281 g/mol. The smallest absolute Gasteiger partial charge is 0.324 e. The van der Waals surface area contributed by atoms with Crippen LogP contribution in [-0.4, -0.2) is 29.4 Å². The number of carbonyl (C=O) groups is 1. The molecule has 1 rings (SSSR count). The third-order valence-electron chi connectivity index (χ3n) is 2.42. The molecule has 0 aliphatic heterocycles. The molecule has 1 aromatic rings. The van der Waals surface area contributed by atoms with Crippen molar-refractivity contribution in [3.05, 3.63) is 18.0 Å². The first kappa shape index (κ1) is 15.3. The largest absolute Gasteiger partial charge is 0.397 e. The van der Waals surface area contributed by atoms with Crippen LogP contribution in [0.5, 0.6) is 0 Å². The molecule has 1 heterocycles. The Balaban J connectivity index is 2.73. The van der Waals surface area contributed by atoms with Crippen molar-refractivity contribution in [3.63, 3.8) is 0 Å². The SMILES string of the molecule is CCCn1cc(N)cc1C(=O)NCC(F)(F)C(F)F. The Morgan fingerprint density at radius 3 is 2.68 bits per heavy atom. The van der Waals surface area contributed by atoms with E-state index in [1.54, 1.807) is 5.32 Å². The molecule has 0 radical (unpaired) electrons. The predicted octanol–water partition coefficient (Wildman–Crippen LogP) is 2.11. The number of carbonyl (C=O) groups excluding carboxylic acids is 1. The number of alkyl halides is 4. The predicted molar refractivity (Wildman–Crippen MR) is 62.4 cm³/mol. The van der Waals surface area contributed by atoms with Crippen LogP contribution < -0.4 is 11.1 Å². The Hall–Kier alpha value is -1.73. The molecule has 19 heavy (non-hydrogen) atoms. The quantitative estimate of drug-likeness (QED) is 0.785. The van der Waals surface area contributed by atoms with Gasteiger partial charge in [-0.15, -0.1) is 0 Å². The molecule has 0 spiro atoms. The highest BCUT2D eigenvalue weighted by atomic mass is 19.3. The Bertz CT molecular complexity index is 445. The molecule has 0 unspecified atom stereocenters. The third-order valence-corrected chi connectivity index (χ3v) is 2.42. The number of amides is 1. The van der Waals surface area contributed by atoms with Crippen molar-refractivity contribution in [2.75, 3.05) is 12.3 Å². The van der Waals surface area contributed by atoms with E-state index in [-0.39, 0.29) is 5.69 Å². The van der Waals surface area contributed by atoms with E-state index in [1.807, 2.05) is 6.92 Å². The summed E-state index contributed by atoms with van der Waals surface area (Å²) in [5, 5.41) is 1.79. The van der Waals surface area contributed by atoms with E-state index >= 15 is 0 Å². The van der Waals surface area contributed by atoms with Gasteiger partial charge < -0.3 is 15.6 Å². The van der Waals surface area contributed by atoms with Gasteiger partial charge in [-0.25, -0.2) is 8.78 Å². The highest BCUT2D eigenvalue weighted by molar-refractivity contribution is 5.93. The van der Waals surface area contributed by atoms with Gasteiger partial charge in [0.1, 0.15) is 5.69 Å². The molecule has 0 saturated heterocycles. The minimum atomic E-state index is -4.25. The maximum Gasteiger partial charge on any atom is 0.324 e. The van der Waals surface area contributed by atoms with Crippen LogP contribution >= 0.6 is 0 Å². The molecule has 1 amide bonds. The second kappa shape index (κ2) is 5.94. The zero-order valence-electron chi connectivity index (χ0n) is 10.3. The van der Waals surface area contributed by atoms with Crippen LogP contribution in [0.25, 0.3) is 0 Å². The number of rotatable bonds is 6. The number of nitrogens with one attached hydrogen (secondary N) is 1. The molecule has 8 heteroatoms. The first-order valence-corrected chi connectivity index (χ1v) is 5.67. The first-order chi connectivity index (χ1) is 8.77. The lowest BCUT2D eigenvalue weighted by molar-refractivity contribution is -0.123. The molecule has 108 valence electrons. The van der Waals surface area contributed by atoms with Gasteiger partial charge in [0, 0.05) is 12.7 Å². The second-order valence-electron chi connectivity index (χ2n) is 4.10. The average molecular weight is 281 g/mol. The second-order valence-corrected chi connectivity index (χ2v) is 4.10. The van der Waals surface area contributed by atoms with E-state index in [2.05, 4.69) is 0 Å². The third kappa shape index (κ3) is 3.87. The zero-order chi connectivity index (χ0) is 14.6. The number of anilines is 1. The van der Waals surface area contributed by atoms with Gasteiger partial charge in [0.25, 0.3) is 5.91 Å². The van der Waals surface area contributed by atoms with Crippen LogP contribution in [0.4, 0.5) is 23.2 Å². The number of hydrogen-bond donors (Lipinski definition) is 2. The molecule has 0 aliphatic carbocycles. The van der Waals surface area contributed by atoms with Gasteiger partial charge >= 0.3 is 12.3 Å². The number of nitrogen functional groups attached to an aromatic ring is 1. The van der Waals surface area contributed by atoms with Crippen molar-refractivity contribution in [1.82, 2.24) is 9.88 Å². The van der Waals surface area contributed by atoms with Crippen LogP contribution in [0.1, 0.15) is 23.8 Å². The van der Waals surface area contributed by atoms with Crippen molar-refractivity contribution in [1.29, 1.82) is 0 Å². The van der Waals surface area contributed by atoms with Crippen molar-refractivity contribution < 1.29 is 22.4 Å². The highest BCUT2D eigenvalue weighted by Crippen LogP contribution is 2.21. The maximum atomic E-state index is 12.7. The molecule has 0 aromatic carbocycles. The molecule has 0 bridgehead atoms. The summed E-state index contributed by atoms with van der Waals surface area (Å²) >= 11 is 0. The molecule has 0 atom stereocenters. The van der Waals surface area contributed by atoms with Crippen molar-refractivity contribution in [2.45, 2.75) is 32.2 Å². The fraction of sp³-hybridized carbons (Fsp3) is 0.545. The molecule has 1 aromatic heterocycles. The Labute approximate surface area is 107 Å². The van der Waals surface area contributed by atoms with Crippen LogP contribution in [0.2, 0.25) is 0 Å². The Morgan fingerprint density at radius 2 is 2.16 bits per heavy atom. The van der Waals surface area contributed by atoms with Gasteiger partial charge in [0.15, 0.2) is 0 Å². The number of aromatic nitrogens is 1. The number of nitrogens with two attached hydrogens (primary N) is 1. The summed E-state index contributed by atoms with van der Waals surface area (Å²) < 4.78 is 50.7. The first-order valence-electron chi connectivity index (χ1n) is 5.67. The van der Waals surface area contributed by atoms with Crippen LogP contribution in [0.3, 0.4) is 0 Å². The summed E-state index contributed by atoms with van der Waals surface area (Å²) in [7, 11) is 0. The normalized spacial score (nSPS) is 11.9. The average Bonchev–Trinajstić information content (AvgIpc) is 2.68. The molecule has 0 fully saturated rings. The van der Waals surface area contributed by atoms with Gasteiger partial charge in [-0.05, 0) is 12.5 Å². The number of hydrogen-bond acceptors (Lipinski definition) is 2. The molecular weight excluding hydrogens is 266 g/mol. The van der Waals surface area contributed by atoms with E-state index in [9.17, 15) is 22.4 Å². The number of aryl methyl sites for hydroxylation is 1. The fourth-order valence-corrected chi connectivity index (χ4v) is 1.52. The van der Waals surface area contributed by atoms with Crippen LogP contribution in [0.15, 0.2) is 12.3 Å². The van der Waals surface area contributed by atoms with E-state index in [4.69, 9.17) is 5.73 Å². The van der Waals surface area contributed by atoms with Gasteiger partial charge in [-0.1, -0.05) is 6.92 Å². The molecular formula is C11H15F4N3O. The molecule has 0 saturated carbocycles. The standard InChI is InChI=1S/C11H15F4N3O/c1-2-3-18-5-7(16)4-8(18)9(19)17-6-11(14,15)10(12)13/h4-5,10H,2-3,6,16H2,1H3,(H,17,19). The van der Waals surface area contributed by atoms with E-state index in [0.717, 1.165) is 0 Å². The van der Waals surface area contributed by atoms with Crippen molar-refractivity contribution >= 4 is 11.6 Å².